The van der Waals surface area contributed by atoms with Crippen LogP contribution in [0.4, 0.5) is 0 Å². The molecule has 1 aromatic rings. The lowest BCUT2D eigenvalue weighted by atomic mass is 10.3. The number of carbonyl (C=O) groups is 1. The van der Waals surface area contributed by atoms with Crippen molar-refractivity contribution in [1.82, 2.24) is 4.98 Å². The molecule has 1 N–H and O–H groups in total. The van der Waals surface area contributed by atoms with Gasteiger partial charge in [0.15, 0.2) is 5.78 Å². The molecule has 0 saturated heterocycles. The number of rotatable bonds is 2. The molecule has 0 aliphatic carbocycles. The van der Waals surface area contributed by atoms with Crippen LogP contribution in [-0.4, -0.2) is 19.2 Å². The quantitative estimate of drug-likeness (QED) is 0.584. The van der Waals surface area contributed by atoms with Crippen molar-refractivity contribution < 1.29 is 13.2 Å². The molecular weight excluding hydrogens is 202 g/mol. The first-order valence-electron chi connectivity index (χ1n) is 3.06. The Morgan fingerprint density at radius 1 is 1.50 bits per heavy atom. The molecule has 0 radical (unpaired) electrons. The number of nitrogens with one attached hydrogen (secondary N) is 1. The summed E-state index contributed by atoms with van der Waals surface area (Å²) in [7, 11) is 1.26. The zero-order valence-electron chi connectivity index (χ0n) is 6.17. The molecule has 66 valence electrons. The Bertz CT molecular complexity index is 406. The summed E-state index contributed by atoms with van der Waals surface area (Å²) in [6.07, 6.45) is 0. The molecule has 1 aromatic heterocycles. The fraction of sp³-hybridized carbons (Fsp3) is 0.167. The lowest BCUT2D eigenvalue weighted by molar-refractivity contribution is 0.101. The zero-order valence-corrected chi connectivity index (χ0v) is 7.74. The third-order valence-electron chi connectivity index (χ3n) is 1.30. The Kier molecular flexibility index (Phi) is 2.25. The summed E-state index contributed by atoms with van der Waals surface area (Å²) >= 11 is 0. The van der Waals surface area contributed by atoms with Crippen LogP contribution in [0.5, 0.6) is 0 Å². The van der Waals surface area contributed by atoms with Crippen molar-refractivity contribution in [3.63, 3.8) is 0 Å². The third kappa shape index (κ3) is 1.86. The molecule has 0 aliphatic rings. The first-order chi connectivity index (χ1) is 5.41. The summed E-state index contributed by atoms with van der Waals surface area (Å²) in [6.45, 7) is 1.33. The van der Waals surface area contributed by atoms with Gasteiger partial charge in [0, 0.05) is 17.6 Å². The van der Waals surface area contributed by atoms with Gasteiger partial charge in [-0.05, 0) is 12.1 Å². The number of hydrogen-bond donors (Lipinski definition) is 1. The monoisotopic (exact) mass is 207 g/mol. The van der Waals surface area contributed by atoms with Crippen molar-refractivity contribution in [2.45, 2.75) is 11.9 Å². The molecule has 0 fully saturated rings. The average molecular weight is 208 g/mol. The molecule has 4 nitrogen and oxygen atoms in total. The highest BCUT2D eigenvalue weighted by atomic mass is 35.7. The van der Waals surface area contributed by atoms with Crippen LogP contribution in [0, 0.1) is 0 Å². The van der Waals surface area contributed by atoms with E-state index in [1.54, 1.807) is 0 Å². The normalized spacial score (nSPS) is 11.5. The van der Waals surface area contributed by atoms with Gasteiger partial charge in [0.25, 0.3) is 9.05 Å². The number of H-pyrrole nitrogens is 1. The van der Waals surface area contributed by atoms with Crippen LogP contribution in [0.1, 0.15) is 17.4 Å². The topological polar surface area (TPSA) is 67.0 Å². The minimum atomic E-state index is -3.75. The van der Waals surface area contributed by atoms with E-state index in [1.807, 2.05) is 0 Å². The summed E-state index contributed by atoms with van der Waals surface area (Å²) in [5.41, 5.74) is 0.231. The molecule has 1 heterocycles. The molecule has 0 bridgehead atoms. The number of aromatic amines is 1. The van der Waals surface area contributed by atoms with E-state index in [2.05, 4.69) is 4.98 Å². The summed E-state index contributed by atoms with van der Waals surface area (Å²) in [6, 6.07) is 2.62. The standard InChI is InChI=1S/C6H6ClNO3S/c1-4(9)5-2-3-6(8-5)12(7,10)11/h2-3,8H,1H3. The van der Waals surface area contributed by atoms with Crippen LogP contribution in [0.2, 0.25) is 0 Å². The first-order valence-corrected chi connectivity index (χ1v) is 5.37. The van der Waals surface area contributed by atoms with E-state index in [0.29, 0.717) is 0 Å². The maximum absolute atomic E-state index is 10.7. The smallest absolute Gasteiger partial charge is 0.276 e. The second-order valence-corrected chi connectivity index (χ2v) is 4.76. The number of ketones is 1. The van der Waals surface area contributed by atoms with Gasteiger partial charge in [-0.2, -0.15) is 0 Å². The van der Waals surface area contributed by atoms with E-state index < -0.39 is 9.05 Å². The fourth-order valence-corrected chi connectivity index (χ4v) is 1.46. The highest BCUT2D eigenvalue weighted by molar-refractivity contribution is 8.13. The molecule has 12 heavy (non-hydrogen) atoms. The van der Waals surface area contributed by atoms with Gasteiger partial charge in [-0.1, -0.05) is 0 Å². The lowest BCUT2D eigenvalue weighted by Crippen LogP contribution is -1.95. The first kappa shape index (κ1) is 9.28. The molecule has 0 amide bonds. The minimum Gasteiger partial charge on any atom is -0.342 e. The van der Waals surface area contributed by atoms with E-state index in [-0.39, 0.29) is 16.5 Å². The van der Waals surface area contributed by atoms with Gasteiger partial charge < -0.3 is 4.98 Å². The SMILES string of the molecule is CC(=O)c1ccc(S(=O)(=O)Cl)[nH]1. The van der Waals surface area contributed by atoms with Gasteiger partial charge in [0.2, 0.25) is 0 Å². The van der Waals surface area contributed by atoms with E-state index >= 15 is 0 Å². The van der Waals surface area contributed by atoms with Crippen molar-refractivity contribution in [2.24, 2.45) is 0 Å². The van der Waals surface area contributed by atoms with E-state index in [9.17, 15) is 13.2 Å². The van der Waals surface area contributed by atoms with E-state index in [0.717, 1.165) is 0 Å². The van der Waals surface area contributed by atoms with Crippen molar-refractivity contribution >= 4 is 25.5 Å². The predicted molar refractivity (Wildman–Crippen MR) is 43.8 cm³/mol. The summed E-state index contributed by atoms with van der Waals surface area (Å²) in [4.78, 5) is 13.1. The molecule has 0 spiro atoms. The number of Topliss-reactive ketones (excluding diaryl/α,β-unsaturated/α-hetero) is 1. The maximum atomic E-state index is 10.7. The second-order valence-electron chi connectivity index (χ2n) is 2.23. The van der Waals surface area contributed by atoms with Crippen LogP contribution in [-0.2, 0) is 9.05 Å². The van der Waals surface area contributed by atoms with Crippen LogP contribution >= 0.6 is 10.7 Å². The highest BCUT2D eigenvalue weighted by Gasteiger charge is 2.13. The molecule has 0 saturated carbocycles. The van der Waals surface area contributed by atoms with Gasteiger partial charge in [0.1, 0.15) is 5.03 Å². The second kappa shape index (κ2) is 2.91. The van der Waals surface area contributed by atoms with E-state index in [4.69, 9.17) is 10.7 Å². The number of halogens is 1. The van der Waals surface area contributed by atoms with Crippen molar-refractivity contribution in [3.8, 4) is 0 Å². The Balaban J connectivity index is 3.17. The molecule has 1 rings (SSSR count). The van der Waals surface area contributed by atoms with Gasteiger partial charge in [-0.15, -0.1) is 0 Å². The Labute approximate surface area is 74.0 Å². The molecule has 6 heteroatoms. The highest BCUT2D eigenvalue weighted by Crippen LogP contribution is 2.13. The number of aromatic nitrogens is 1. The largest absolute Gasteiger partial charge is 0.342 e. The Hall–Kier alpha value is -0.810. The van der Waals surface area contributed by atoms with Crippen LogP contribution < -0.4 is 0 Å². The minimum absolute atomic E-state index is 0.158. The zero-order chi connectivity index (χ0) is 9.35. The maximum Gasteiger partial charge on any atom is 0.276 e. The Morgan fingerprint density at radius 2 is 2.08 bits per heavy atom. The molecule has 0 aliphatic heterocycles. The molecule has 0 unspecified atom stereocenters. The summed E-state index contributed by atoms with van der Waals surface area (Å²) in [5, 5.41) is -0.158. The molecular formula is C6H6ClNO3S. The molecule has 0 atom stereocenters. The van der Waals surface area contributed by atoms with Gasteiger partial charge in [0.05, 0.1) is 5.69 Å². The number of hydrogen-bond acceptors (Lipinski definition) is 3. The van der Waals surface area contributed by atoms with Crippen molar-refractivity contribution in [2.75, 3.05) is 0 Å². The van der Waals surface area contributed by atoms with Crippen LogP contribution in [0.15, 0.2) is 17.2 Å². The lowest BCUT2D eigenvalue weighted by Gasteiger charge is -1.89. The van der Waals surface area contributed by atoms with Gasteiger partial charge >= 0.3 is 0 Å². The van der Waals surface area contributed by atoms with E-state index in [1.165, 1.54) is 19.1 Å². The summed E-state index contributed by atoms with van der Waals surface area (Å²) in [5.74, 6) is -0.235. The third-order valence-corrected chi connectivity index (χ3v) is 2.56. The van der Waals surface area contributed by atoms with Gasteiger partial charge in [-0.3, -0.25) is 4.79 Å². The van der Waals surface area contributed by atoms with Gasteiger partial charge in [-0.25, -0.2) is 8.42 Å². The fourth-order valence-electron chi connectivity index (χ4n) is 0.723. The van der Waals surface area contributed by atoms with Crippen LogP contribution in [0.3, 0.4) is 0 Å². The average Bonchev–Trinajstić information content (AvgIpc) is 2.30. The van der Waals surface area contributed by atoms with Crippen molar-refractivity contribution in [1.29, 1.82) is 0 Å². The molecule has 0 aromatic carbocycles. The van der Waals surface area contributed by atoms with Crippen molar-refractivity contribution in [3.05, 3.63) is 17.8 Å². The Morgan fingerprint density at radius 3 is 2.33 bits per heavy atom. The predicted octanol–water partition coefficient (Wildman–Crippen LogP) is 1.14. The number of carbonyl (C=O) groups excluding carboxylic acids is 1. The van der Waals surface area contributed by atoms with Crippen LogP contribution in [0.25, 0.3) is 0 Å². The summed E-state index contributed by atoms with van der Waals surface area (Å²) < 4.78 is 21.4.